The van der Waals surface area contributed by atoms with Crippen molar-refractivity contribution in [1.29, 1.82) is 0 Å². The number of ether oxygens (including phenoxy) is 1. The Bertz CT molecular complexity index is 1070. The Morgan fingerprint density at radius 2 is 1.78 bits per heavy atom. The molecule has 2 aromatic carbocycles. The predicted molar refractivity (Wildman–Crippen MR) is 115 cm³/mol. The highest BCUT2D eigenvalue weighted by atomic mass is 35.5. The first-order chi connectivity index (χ1) is 14.7. The van der Waals surface area contributed by atoms with Crippen LogP contribution in [0.25, 0.3) is 0 Å². The fourth-order valence-corrected chi connectivity index (χ4v) is 4.27. The summed E-state index contributed by atoms with van der Waals surface area (Å²) in [5.41, 5.74) is -0.999. The third kappa shape index (κ3) is 6.14. The predicted octanol–water partition coefficient (Wildman–Crippen LogP) is 4.59. The van der Waals surface area contributed by atoms with E-state index in [-0.39, 0.29) is 33.9 Å². The minimum Gasteiger partial charge on any atom is -0.491 e. The molecule has 0 aromatic heterocycles. The highest BCUT2D eigenvalue weighted by molar-refractivity contribution is 7.89. The number of hydrogen-bond acceptors (Lipinski definition) is 4. The molecule has 2 rings (SSSR count). The van der Waals surface area contributed by atoms with Crippen molar-refractivity contribution in [3.8, 4) is 5.75 Å². The first-order valence-electron chi connectivity index (χ1n) is 9.62. The summed E-state index contributed by atoms with van der Waals surface area (Å²) >= 11 is 6.09. The molecule has 0 saturated heterocycles. The van der Waals surface area contributed by atoms with Crippen LogP contribution in [-0.2, 0) is 16.2 Å². The molecular formula is C21H24ClF3N2O4S. The van der Waals surface area contributed by atoms with Gasteiger partial charge < -0.3 is 10.1 Å². The second kappa shape index (κ2) is 10.1. The molecule has 0 saturated carbocycles. The topological polar surface area (TPSA) is 75.7 Å². The van der Waals surface area contributed by atoms with E-state index >= 15 is 0 Å². The van der Waals surface area contributed by atoms with Crippen LogP contribution in [0.1, 0.15) is 36.7 Å². The largest absolute Gasteiger partial charge is 0.491 e. The smallest absolute Gasteiger partial charge is 0.419 e. The zero-order valence-corrected chi connectivity index (χ0v) is 19.5. The maximum Gasteiger partial charge on any atom is 0.419 e. The molecule has 0 aliphatic heterocycles. The van der Waals surface area contributed by atoms with Crippen molar-refractivity contribution < 1.29 is 31.1 Å². The number of sulfonamides is 1. The molecule has 176 valence electrons. The number of hydrogen-bond donors (Lipinski definition) is 1. The number of amides is 1. The van der Waals surface area contributed by atoms with E-state index in [0.29, 0.717) is 0 Å². The quantitative estimate of drug-likeness (QED) is 0.585. The summed E-state index contributed by atoms with van der Waals surface area (Å²) in [5.74, 6) is -1.04. The van der Waals surface area contributed by atoms with Crippen LogP contribution < -0.4 is 10.1 Å². The van der Waals surface area contributed by atoms with Gasteiger partial charge in [-0.2, -0.15) is 17.5 Å². The number of halogens is 4. The second-order valence-corrected chi connectivity index (χ2v) is 9.84. The Hall–Kier alpha value is -2.30. The lowest BCUT2D eigenvalue weighted by molar-refractivity contribution is -0.139. The molecule has 0 fully saturated rings. The van der Waals surface area contributed by atoms with Gasteiger partial charge in [0.25, 0.3) is 5.91 Å². The van der Waals surface area contributed by atoms with E-state index in [4.69, 9.17) is 16.3 Å². The number of carbonyl (C=O) groups is 1. The SMILES string of the molecule is CC(COc1ccccc1C(F)(F)F)NC(=O)c1cc(S(=O)(=O)N(C)C(C)C)ccc1Cl. The van der Waals surface area contributed by atoms with Gasteiger partial charge in [0.1, 0.15) is 12.4 Å². The summed E-state index contributed by atoms with van der Waals surface area (Å²) < 4.78 is 71.0. The first-order valence-corrected chi connectivity index (χ1v) is 11.4. The summed E-state index contributed by atoms with van der Waals surface area (Å²) in [4.78, 5) is 12.6. The number of nitrogens with zero attached hydrogens (tertiary/aromatic N) is 1. The van der Waals surface area contributed by atoms with E-state index < -0.39 is 33.7 Å². The van der Waals surface area contributed by atoms with Gasteiger partial charge in [-0.15, -0.1) is 0 Å². The van der Waals surface area contributed by atoms with E-state index in [1.54, 1.807) is 13.8 Å². The zero-order chi connectivity index (χ0) is 24.3. The summed E-state index contributed by atoms with van der Waals surface area (Å²) in [5, 5.41) is 2.59. The van der Waals surface area contributed by atoms with Crippen molar-refractivity contribution in [3.63, 3.8) is 0 Å². The molecule has 11 heteroatoms. The molecule has 0 aliphatic carbocycles. The lowest BCUT2D eigenvalue weighted by atomic mass is 10.2. The van der Waals surface area contributed by atoms with Crippen molar-refractivity contribution in [2.24, 2.45) is 0 Å². The van der Waals surface area contributed by atoms with Crippen LogP contribution in [0.15, 0.2) is 47.4 Å². The first kappa shape index (κ1) is 26.0. The molecule has 0 aliphatic rings. The average molecular weight is 493 g/mol. The fraction of sp³-hybridized carbons (Fsp3) is 0.381. The van der Waals surface area contributed by atoms with E-state index in [0.717, 1.165) is 10.4 Å². The summed E-state index contributed by atoms with van der Waals surface area (Å²) in [6, 6.07) is 7.52. The van der Waals surface area contributed by atoms with Crippen molar-refractivity contribution in [1.82, 2.24) is 9.62 Å². The molecule has 2 aromatic rings. The van der Waals surface area contributed by atoms with Crippen LogP contribution in [0.3, 0.4) is 0 Å². The Morgan fingerprint density at radius 3 is 2.38 bits per heavy atom. The molecule has 1 unspecified atom stereocenters. The second-order valence-electron chi connectivity index (χ2n) is 7.44. The molecule has 1 amide bonds. The molecule has 0 radical (unpaired) electrons. The van der Waals surface area contributed by atoms with Gasteiger partial charge in [0.15, 0.2) is 0 Å². The highest BCUT2D eigenvalue weighted by Crippen LogP contribution is 2.35. The van der Waals surface area contributed by atoms with Gasteiger partial charge >= 0.3 is 6.18 Å². The standard InChI is InChI=1S/C21H24ClF3N2O4S/c1-13(2)27(4)32(29,30)15-9-10-18(22)16(11-15)20(28)26-14(3)12-31-19-8-6-5-7-17(19)21(23,24)25/h5-11,13-14H,12H2,1-4H3,(H,26,28). The minimum atomic E-state index is -4.58. The van der Waals surface area contributed by atoms with Gasteiger partial charge in [-0.3, -0.25) is 4.79 Å². The third-order valence-electron chi connectivity index (χ3n) is 4.65. The van der Waals surface area contributed by atoms with Crippen LogP contribution in [0, 0.1) is 0 Å². The minimum absolute atomic E-state index is 0.0317. The van der Waals surface area contributed by atoms with E-state index in [9.17, 15) is 26.4 Å². The zero-order valence-electron chi connectivity index (χ0n) is 17.9. The molecule has 0 spiro atoms. The van der Waals surface area contributed by atoms with E-state index in [2.05, 4.69) is 5.32 Å². The Morgan fingerprint density at radius 1 is 1.16 bits per heavy atom. The number of carbonyl (C=O) groups excluding carboxylic acids is 1. The molecule has 0 heterocycles. The van der Waals surface area contributed by atoms with E-state index in [1.807, 2.05) is 0 Å². The van der Waals surface area contributed by atoms with Crippen LogP contribution >= 0.6 is 11.6 Å². The van der Waals surface area contributed by atoms with Crippen molar-refractivity contribution in [2.75, 3.05) is 13.7 Å². The number of rotatable bonds is 8. The molecule has 32 heavy (non-hydrogen) atoms. The maximum atomic E-state index is 13.1. The molecule has 6 nitrogen and oxygen atoms in total. The van der Waals surface area contributed by atoms with Gasteiger partial charge in [0.05, 0.1) is 27.1 Å². The van der Waals surface area contributed by atoms with Gasteiger partial charge in [0.2, 0.25) is 10.0 Å². The Kier molecular flexibility index (Phi) is 8.19. The number of benzene rings is 2. The van der Waals surface area contributed by atoms with Crippen molar-refractivity contribution in [2.45, 2.75) is 43.9 Å². The highest BCUT2D eigenvalue weighted by Gasteiger charge is 2.34. The lowest BCUT2D eigenvalue weighted by Crippen LogP contribution is -2.37. The third-order valence-corrected chi connectivity index (χ3v) is 7.00. The van der Waals surface area contributed by atoms with Crippen LogP contribution in [-0.4, -0.2) is 44.4 Å². The van der Waals surface area contributed by atoms with Crippen molar-refractivity contribution in [3.05, 3.63) is 58.6 Å². The van der Waals surface area contributed by atoms with Gasteiger partial charge in [0, 0.05) is 13.1 Å². The molecule has 1 atom stereocenters. The van der Waals surface area contributed by atoms with Crippen molar-refractivity contribution >= 4 is 27.5 Å². The van der Waals surface area contributed by atoms with Gasteiger partial charge in [-0.05, 0) is 51.1 Å². The molecular weight excluding hydrogens is 469 g/mol. The summed E-state index contributed by atoms with van der Waals surface area (Å²) in [6.07, 6.45) is -4.58. The average Bonchev–Trinajstić information content (AvgIpc) is 2.71. The Balaban J connectivity index is 2.15. The Labute approximate surface area is 190 Å². The maximum absolute atomic E-state index is 13.1. The number of para-hydroxylation sites is 1. The normalized spacial score (nSPS) is 13.3. The van der Waals surface area contributed by atoms with Crippen LogP contribution in [0.4, 0.5) is 13.2 Å². The van der Waals surface area contributed by atoms with Crippen LogP contribution in [0.5, 0.6) is 5.75 Å². The number of alkyl halides is 3. The molecule has 0 bridgehead atoms. The van der Waals surface area contributed by atoms with E-state index in [1.165, 1.54) is 50.4 Å². The van der Waals surface area contributed by atoms with Gasteiger partial charge in [-0.1, -0.05) is 23.7 Å². The van der Waals surface area contributed by atoms with Gasteiger partial charge in [-0.25, -0.2) is 8.42 Å². The monoisotopic (exact) mass is 492 g/mol. The summed E-state index contributed by atoms with van der Waals surface area (Å²) in [6.45, 7) is 4.71. The summed E-state index contributed by atoms with van der Waals surface area (Å²) in [7, 11) is -2.42. The molecule has 1 N–H and O–H groups in total. The lowest BCUT2D eigenvalue weighted by Gasteiger charge is -2.21. The van der Waals surface area contributed by atoms with Crippen LogP contribution in [0.2, 0.25) is 5.02 Å². The fourth-order valence-electron chi connectivity index (χ4n) is 2.67. The number of nitrogens with one attached hydrogen (secondary N) is 1.